The van der Waals surface area contributed by atoms with Crippen molar-refractivity contribution in [2.24, 2.45) is 11.7 Å². The summed E-state index contributed by atoms with van der Waals surface area (Å²) in [6.45, 7) is 11.2. The smallest absolute Gasteiger partial charge is 0.0659 e. The van der Waals surface area contributed by atoms with Crippen LogP contribution in [0, 0.1) is 5.92 Å². The fourth-order valence-corrected chi connectivity index (χ4v) is 2.77. The Labute approximate surface area is 107 Å². The predicted octanol–water partition coefficient (Wildman–Crippen LogP) is 2.25. The maximum Gasteiger partial charge on any atom is 0.0659 e. The molecule has 102 valence electrons. The third kappa shape index (κ3) is 4.23. The summed E-state index contributed by atoms with van der Waals surface area (Å²) in [6, 6.07) is 0. The second-order valence-electron chi connectivity index (χ2n) is 5.56. The van der Waals surface area contributed by atoms with E-state index in [4.69, 9.17) is 10.5 Å². The van der Waals surface area contributed by atoms with E-state index < -0.39 is 0 Å². The molecule has 0 aliphatic carbocycles. The lowest BCUT2D eigenvalue weighted by Crippen LogP contribution is -2.57. The molecule has 2 N–H and O–H groups in total. The lowest BCUT2D eigenvalue weighted by molar-refractivity contribution is -0.00747. The van der Waals surface area contributed by atoms with Gasteiger partial charge in [-0.1, -0.05) is 19.8 Å². The maximum atomic E-state index is 5.95. The van der Waals surface area contributed by atoms with E-state index in [-0.39, 0.29) is 5.54 Å². The molecular formula is C14H30N2O. The zero-order chi connectivity index (χ0) is 12.7. The highest BCUT2D eigenvalue weighted by atomic mass is 16.5. The van der Waals surface area contributed by atoms with Crippen LogP contribution < -0.4 is 5.73 Å². The quantitative estimate of drug-likeness (QED) is 0.744. The molecule has 0 radical (unpaired) electrons. The van der Waals surface area contributed by atoms with Crippen LogP contribution in [0.1, 0.15) is 46.5 Å². The van der Waals surface area contributed by atoms with Gasteiger partial charge in [0.1, 0.15) is 0 Å². The third-order valence-electron chi connectivity index (χ3n) is 4.13. The maximum absolute atomic E-state index is 5.95. The summed E-state index contributed by atoms with van der Waals surface area (Å²) >= 11 is 0. The summed E-state index contributed by atoms with van der Waals surface area (Å²) < 4.78 is 5.60. The van der Waals surface area contributed by atoms with Crippen LogP contribution in [0.4, 0.5) is 0 Å². The SMILES string of the molecule is CCCC1CCN(C(C)(CN)COCC)CC1. The van der Waals surface area contributed by atoms with E-state index in [9.17, 15) is 0 Å². The summed E-state index contributed by atoms with van der Waals surface area (Å²) in [5.41, 5.74) is 5.99. The molecule has 0 aromatic heterocycles. The molecule has 0 saturated carbocycles. The van der Waals surface area contributed by atoms with Crippen molar-refractivity contribution >= 4 is 0 Å². The Bertz CT molecular complexity index is 202. The molecule has 0 spiro atoms. The zero-order valence-corrected chi connectivity index (χ0v) is 11.9. The molecule has 0 amide bonds. The number of nitrogens with zero attached hydrogens (tertiary/aromatic N) is 1. The van der Waals surface area contributed by atoms with Crippen molar-refractivity contribution in [3.63, 3.8) is 0 Å². The summed E-state index contributed by atoms with van der Waals surface area (Å²) in [5, 5.41) is 0. The normalized spacial score (nSPS) is 22.6. The van der Waals surface area contributed by atoms with Crippen molar-refractivity contribution in [2.75, 3.05) is 32.8 Å². The molecular weight excluding hydrogens is 212 g/mol. The van der Waals surface area contributed by atoms with E-state index in [1.165, 1.54) is 38.8 Å². The van der Waals surface area contributed by atoms with E-state index in [1.807, 2.05) is 6.92 Å². The first kappa shape index (κ1) is 14.9. The summed E-state index contributed by atoms with van der Waals surface area (Å²) in [5.74, 6) is 0.936. The molecule has 0 bridgehead atoms. The molecule has 1 rings (SSSR count). The van der Waals surface area contributed by atoms with Crippen LogP contribution in [0.5, 0.6) is 0 Å². The Balaban J connectivity index is 2.43. The third-order valence-corrected chi connectivity index (χ3v) is 4.13. The van der Waals surface area contributed by atoms with Gasteiger partial charge >= 0.3 is 0 Å². The number of likely N-dealkylation sites (tertiary alicyclic amines) is 1. The van der Waals surface area contributed by atoms with Crippen molar-refractivity contribution in [3.8, 4) is 0 Å². The number of nitrogens with two attached hydrogens (primary N) is 1. The van der Waals surface area contributed by atoms with Crippen molar-refractivity contribution < 1.29 is 4.74 Å². The minimum atomic E-state index is 0.0349. The second-order valence-corrected chi connectivity index (χ2v) is 5.56. The van der Waals surface area contributed by atoms with Gasteiger partial charge < -0.3 is 10.5 Å². The van der Waals surface area contributed by atoms with E-state index in [0.29, 0.717) is 6.54 Å². The van der Waals surface area contributed by atoms with Crippen LogP contribution >= 0.6 is 0 Å². The molecule has 1 aliphatic rings. The Hall–Kier alpha value is -0.120. The van der Waals surface area contributed by atoms with Crippen molar-refractivity contribution in [2.45, 2.75) is 52.0 Å². The lowest BCUT2D eigenvalue weighted by Gasteiger charge is -2.44. The van der Waals surface area contributed by atoms with Crippen molar-refractivity contribution in [1.82, 2.24) is 4.90 Å². The van der Waals surface area contributed by atoms with Crippen LogP contribution in [-0.2, 0) is 4.74 Å². The molecule has 0 aromatic carbocycles. The highest BCUT2D eigenvalue weighted by Gasteiger charge is 2.33. The Morgan fingerprint density at radius 1 is 1.29 bits per heavy atom. The fourth-order valence-electron chi connectivity index (χ4n) is 2.77. The average Bonchev–Trinajstić information content (AvgIpc) is 2.37. The predicted molar refractivity (Wildman–Crippen MR) is 73.2 cm³/mol. The van der Waals surface area contributed by atoms with Crippen molar-refractivity contribution in [3.05, 3.63) is 0 Å². The fraction of sp³-hybridized carbons (Fsp3) is 1.00. The van der Waals surface area contributed by atoms with E-state index in [2.05, 4.69) is 18.7 Å². The van der Waals surface area contributed by atoms with E-state index in [0.717, 1.165) is 19.1 Å². The van der Waals surface area contributed by atoms with Gasteiger partial charge in [0.25, 0.3) is 0 Å². The molecule has 3 heteroatoms. The molecule has 1 atom stereocenters. The monoisotopic (exact) mass is 242 g/mol. The molecule has 3 nitrogen and oxygen atoms in total. The number of ether oxygens (including phenoxy) is 1. The minimum absolute atomic E-state index is 0.0349. The van der Waals surface area contributed by atoms with Gasteiger partial charge in [-0.25, -0.2) is 0 Å². The summed E-state index contributed by atoms with van der Waals surface area (Å²) in [6.07, 6.45) is 5.36. The van der Waals surface area contributed by atoms with Gasteiger partial charge in [0.05, 0.1) is 12.1 Å². The number of rotatable bonds is 7. The van der Waals surface area contributed by atoms with Crippen LogP contribution in [0.15, 0.2) is 0 Å². The van der Waals surface area contributed by atoms with E-state index in [1.54, 1.807) is 0 Å². The van der Waals surface area contributed by atoms with Gasteiger partial charge in [0.15, 0.2) is 0 Å². The van der Waals surface area contributed by atoms with Gasteiger partial charge in [-0.3, -0.25) is 4.90 Å². The topological polar surface area (TPSA) is 38.5 Å². The molecule has 1 fully saturated rings. The highest BCUT2D eigenvalue weighted by molar-refractivity contribution is 4.90. The Morgan fingerprint density at radius 3 is 2.41 bits per heavy atom. The highest BCUT2D eigenvalue weighted by Crippen LogP contribution is 2.26. The second kappa shape index (κ2) is 7.34. The molecule has 1 aliphatic heterocycles. The van der Waals surface area contributed by atoms with E-state index >= 15 is 0 Å². The first-order valence-electron chi connectivity index (χ1n) is 7.19. The lowest BCUT2D eigenvalue weighted by atomic mass is 9.89. The summed E-state index contributed by atoms with van der Waals surface area (Å²) in [4.78, 5) is 2.54. The first-order chi connectivity index (χ1) is 8.16. The van der Waals surface area contributed by atoms with Gasteiger partial charge in [0.2, 0.25) is 0 Å². The van der Waals surface area contributed by atoms with Gasteiger partial charge in [-0.2, -0.15) is 0 Å². The number of hydrogen-bond donors (Lipinski definition) is 1. The minimum Gasteiger partial charge on any atom is -0.380 e. The number of piperidine rings is 1. The average molecular weight is 242 g/mol. The van der Waals surface area contributed by atoms with Crippen LogP contribution in [0.2, 0.25) is 0 Å². The number of hydrogen-bond acceptors (Lipinski definition) is 3. The van der Waals surface area contributed by atoms with Crippen LogP contribution in [0.25, 0.3) is 0 Å². The van der Waals surface area contributed by atoms with Crippen LogP contribution in [0.3, 0.4) is 0 Å². The van der Waals surface area contributed by atoms with Crippen molar-refractivity contribution in [1.29, 1.82) is 0 Å². The Kier molecular flexibility index (Phi) is 6.45. The molecule has 17 heavy (non-hydrogen) atoms. The van der Waals surface area contributed by atoms with Gasteiger partial charge in [0, 0.05) is 13.2 Å². The van der Waals surface area contributed by atoms with Gasteiger partial charge in [-0.05, 0) is 45.7 Å². The summed E-state index contributed by atoms with van der Waals surface area (Å²) in [7, 11) is 0. The zero-order valence-electron chi connectivity index (χ0n) is 11.9. The molecule has 1 unspecified atom stereocenters. The molecule has 0 aromatic rings. The first-order valence-corrected chi connectivity index (χ1v) is 7.19. The molecule has 1 heterocycles. The largest absolute Gasteiger partial charge is 0.380 e. The standard InChI is InChI=1S/C14H30N2O/c1-4-6-13-7-9-16(10-8-13)14(3,11-15)12-17-5-2/h13H,4-12,15H2,1-3H3. The van der Waals surface area contributed by atoms with Gasteiger partial charge in [-0.15, -0.1) is 0 Å². The van der Waals surface area contributed by atoms with Crippen LogP contribution in [-0.4, -0.2) is 43.3 Å². The molecule has 1 saturated heterocycles. The Morgan fingerprint density at radius 2 is 1.94 bits per heavy atom.